The average Bonchev–Trinajstić information content (AvgIpc) is 2.62. The number of carbonyl (C=O) groups is 2. The number of carbonyl (C=O) groups excluding carboxylic acids is 2. The lowest BCUT2D eigenvalue weighted by molar-refractivity contribution is -0.128. The fourth-order valence-electron chi connectivity index (χ4n) is 2.83. The zero-order valence-corrected chi connectivity index (χ0v) is 12.7. The highest BCUT2D eigenvalue weighted by molar-refractivity contribution is 5.80. The zero-order chi connectivity index (χ0) is 14.9. The quantitative estimate of drug-likeness (QED) is 0.801. The molecule has 6 heteroatoms. The van der Waals surface area contributed by atoms with Crippen LogP contribution >= 0.6 is 0 Å². The Hall–Kier alpha value is -1.30. The molecule has 0 aromatic carbocycles. The molecule has 114 valence electrons. The molecule has 2 bridgehead atoms. The highest BCUT2D eigenvalue weighted by Crippen LogP contribution is 2.32. The van der Waals surface area contributed by atoms with Crippen LogP contribution in [0.2, 0.25) is 0 Å². The van der Waals surface area contributed by atoms with Gasteiger partial charge in [0.1, 0.15) is 0 Å². The first kappa shape index (κ1) is 15.1. The number of fused-ring (bicyclic) bond motifs is 2. The summed E-state index contributed by atoms with van der Waals surface area (Å²) in [5.41, 5.74) is 0. The van der Waals surface area contributed by atoms with Crippen molar-refractivity contribution in [1.29, 1.82) is 0 Å². The third kappa shape index (κ3) is 3.42. The molecule has 2 fully saturated rings. The van der Waals surface area contributed by atoms with Gasteiger partial charge in [-0.05, 0) is 34.1 Å². The van der Waals surface area contributed by atoms with Crippen LogP contribution in [-0.2, 0) is 9.53 Å². The molecule has 3 atom stereocenters. The third-order valence-electron chi connectivity index (χ3n) is 3.62. The van der Waals surface area contributed by atoms with Crippen LogP contribution in [0.4, 0.5) is 4.79 Å². The molecule has 0 radical (unpaired) electrons. The van der Waals surface area contributed by atoms with Crippen LogP contribution in [0.5, 0.6) is 0 Å². The highest BCUT2D eigenvalue weighted by Gasteiger charge is 2.45. The number of amides is 3. The fourth-order valence-corrected chi connectivity index (χ4v) is 2.83. The lowest BCUT2D eigenvalue weighted by Gasteiger charge is -2.33. The summed E-state index contributed by atoms with van der Waals surface area (Å²) in [6, 6.07) is 0.176. The minimum Gasteiger partial charge on any atom is -0.370 e. The maximum Gasteiger partial charge on any atom is 0.317 e. The molecule has 6 nitrogen and oxygen atoms in total. The Morgan fingerprint density at radius 3 is 2.35 bits per heavy atom. The molecule has 2 saturated heterocycles. The predicted octanol–water partition coefficient (Wildman–Crippen LogP) is 0.718. The van der Waals surface area contributed by atoms with Crippen LogP contribution < -0.4 is 10.6 Å². The largest absolute Gasteiger partial charge is 0.370 e. The molecule has 20 heavy (non-hydrogen) atoms. The second-order valence-electron chi connectivity index (χ2n) is 6.31. The van der Waals surface area contributed by atoms with Gasteiger partial charge >= 0.3 is 6.03 Å². The van der Waals surface area contributed by atoms with E-state index in [4.69, 9.17) is 4.74 Å². The summed E-state index contributed by atoms with van der Waals surface area (Å²) in [5.74, 6) is -0.0992. The fraction of sp³-hybridized carbons (Fsp3) is 0.857. The van der Waals surface area contributed by atoms with Crippen molar-refractivity contribution in [1.82, 2.24) is 15.5 Å². The number of urea groups is 1. The molecule has 2 N–H and O–H groups in total. The van der Waals surface area contributed by atoms with E-state index in [1.54, 1.807) is 4.90 Å². The molecule has 0 aliphatic carbocycles. The lowest BCUT2D eigenvalue weighted by atomic mass is 9.99. The van der Waals surface area contributed by atoms with E-state index >= 15 is 0 Å². The Morgan fingerprint density at radius 1 is 1.10 bits per heavy atom. The highest BCUT2D eigenvalue weighted by atomic mass is 16.5. The van der Waals surface area contributed by atoms with Crippen LogP contribution in [0.1, 0.15) is 34.1 Å². The molecule has 0 saturated carbocycles. The summed E-state index contributed by atoms with van der Waals surface area (Å²) in [5, 5.41) is 5.82. The van der Waals surface area contributed by atoms with Crippen molar-refractivity contribution < 1.29 is 14.3 Å². The number of nitrogens with zero attached hydrogens (tertiary/aromatic N) is 1. The normalized spacial score (nSPS) is 28.9. The maximum absolute atomic E-state index is 12.1. The first-order valence-electron chi connectivity index (χ1n) is 7.38. The van der Waals surface area contributed by atoms with Crippen molar-refractivity contribution in [3.63, 3.8) is 0 Å². The van der Waals surface area contributed by atoms with Gasteiger partial charge in [0.05, 0.1) is 18.1 Å². The molecule has 0 aromatic rings. The summed E-state index contributed by atoms with van der Waals surface area (Å²) in [7, 11) is 0. The minimum absolute atomic E-state index is 0.0189. The first-order valence-corrected chi connectivity index (χ1v) is 7.38. The van der Waals surface area contributed by atoms with Gasteiger partial charge in [0.2, 0.25) is 5.91 Å². The van der Waals surface area contributed by atoms with Crippen molar-refractivity contribution in [3.05, 3.63) is 0 Å². The summed E-state index contributed by atoms with van der Waals surface area (Å²) < 4.78 is 5.82. The minimum atomic E-state index is -0.176. The van der Waals surface area contributed by atoms with E-state index in [1.165, 1.54) is 0 Å². The Kier molecular flexibility index (Phi) is 4.52. The molecular weight excluding hydrogens is 258 g/mol. The Morgan fingerprint density at radius 2 is 1.75 bits per heavy atom. The maximum atomic E-state index is 12.1. The third-order valence-corrected chi connectivity index (χ3v) is 3.62. The number of hydrogen-bond donors (Lipinski definition) is 2. The standard InChI is InChI=1S/C14H25N3O3/c1-8(2)15-13(18)11-5-10-6-17(7-12(11)20-10)14(19)16-9(3)4/h8-12H,5-7H2,1-4H3,(H,15,18)(H,16,19)/t10-,11+,12-/m1/s1. The van der Waals surface area contributed by atoms with E-state index in [0.717, 1.165) is 0 Å². The van der Waals surface area contributed by atoms with Gasteiger partial charge in [0.15, 0.2) is 0 Å². The Balaban J connectivity index is 1.95. The predicted molar refractivity (Wildman–Crippen MR) is 75.3 cm³/mol. The number of morpholine rings is 1. The summed E-state index contributed by atoms with van der Waals surface area (Å²) in [6.45, 7) is 8.83. The van der Waals surface area contributed by atoms with Gasteiger partial charge in [-0.1, -0.05) is 0 Å². The van der Waals surface area contributed by atoms with Crippen LogP contribution in [0, 0.1) is 5.92 Å². The smallest absolute Gasteiger partial charge is 0.317 e. The number of nitrogens with one attached hydrogen (secondary N) is 2. The van der Waals surface area contributed by atoms with E-state index in [-0.39, 0.29) is 42.1 Å². The van der Waals surface area contributed by atoms with Crippen LogP contribution in [-0.4, -0.2) is 54.2 Å². The van der Waals surface area contributed by atoms with E-state index in [1.807, 2.05) is 27.7 Å². The summed E-state index contributed by atoms with van der Waals surface area (Å²) in [4.78, 5) is 25.9. The zero-order valence-electron chi connectivity index (χ0n) is 12.7. The van der Waals surface area contributed by atoms with Crippen LogP contribution in [0.15, 0.2) is 0 Å². The van der Waals surface area contributed by atoms with E-state index < -0.39 is 0 Å². The monoisotopic (exact) mass is 283 g/mol. The van der Waals surface area contributed by atoms with E-state index in [9.17, 15) is 9.59 Å². The van der Waals surface area contributed by atoms with Gasteiger partial charge in [0, 0.05) is 25.2 Å². The van der Waals surface area contributed by atoms with Gasteiger partial charge in [0.25, 0.3) is 0 Å². The van der Waals surface area contributed by atoms with Gasteiger partial charge in [-0.15, -0.1) is 0 Å². The molecule has 2 rings (SSSR count). The number of hydrogen-bond acceptors (Lipinski definition) is 3. The van der Waals surface area contributed by atoms with Gasteiger partial charge in [-0.2, -0.15) is 0 Å². The van der Waals surface area contributed by atoms with Crippen LogP contribution in [0.3, 0.4) is 0 Å². The van der Waals surface area contributed by atoms with Crippen molar-refractivity contribution in [2.24, 2.45) is 5.92 Å². The SMILES string of the molecule is CC(C)NC(=O)[C@H]1C[C@@H]2CN(C(=O)NC(C)C)C[C@H]1O2. The van der Waals surface area contributed by atoms with Gasteiger partial charge < -0.3 is 20.3 Å². The Bertz CT molecular complexity index is 382. The molecule has 0 aromatic heterocycles. The molecule has 2 heterocycles. The van der Waals surface area contributed by atoms with Crippen molar-refractivity contribution >= 4 is 11.9 Å². The van der Waals surface area contributed by atoms with E-state index in [2.05, 4.69) is 10.6 Å². The van der Waals surface area contributed by atoms with Crippen molar-refractivity contribution in [2.45, 2.75) is 58.4 Å². The van der Waals surface area contributed by atoms with Gasteiger partial charge in [-0.25, -0.2) is 4.79 Å². The molecule has 3 amide bonds. The summed E-state index contributed by atoms with van der Waals surface area (Å²) in [6.07, 6.45) is 0.509. The second-order valence-corrected chi connectivity index (χ2v) is 6.31. The molecule has 2 aliphatic heterocycles. The van der Waals surface area contributed by atoms with Gasteiger partial charge in [-0.3, -0.25) is 4.79 Å². The molecular formula is C14H25N3O3. The van der Waals surface area contributed by atoms with Crippen molar-refractivity contribution in [2.75, 3.05) is 13.1 Å². The van der Waals surface area contributed by atoms with Crippen LogP contribution in [0.25, 0.3) is 0 Å². The van der Waals surface area contributed by atoms with E-state index in [0.29, 0.717) is 19.5 Å². The molecule has 2 aliphatic rings. The second kappa shape index (κ2) is 5.99. The molecule has 0 unspecified atom stereocenters. The molecule has 0 spiro atoms. The number of rotatable bonds is 3. The lowest BCUT2D eigenvalue weighted by Crippen LogP contribution is -2.52. The number of ether oxygens (including phenoxy) is 1. The Labute approximate surface area is 120 Å². The number of likely N-dealkylation sites (tertiary alicyclic amines) is 1. The topological polar surface area (TPSA) is 70.7 Å². The summed E-state index contributed by atoms with van der Waals surface area (Å²) >= 11 is 0. The van der Waals surface area contributed by atoms with Crippen molar-refractivity contribution in [3.8, 4) is 0 Å². The first-order chi connectivity index (χ1) is 9.36. The average molecular weight is 283 g/mol.